The Bertz CT molecular complexity index is 1500. The molecule has 0 aliphatic heterocycles. The number of nitrogens with one attached hydrogen (secondary N) is 1. The normalized spacial score (nSPS) is 15.9. The predicted octanol–water partition coefficient (Wildman–Crippen LogP) is 3.90. The summed E-state index contributed by atoms with van der Waals surface area (Å²) in [5.41, 5.74) is 2.30. The molecule has 0 aliphatic carbocycles. The number of ether oxygens (including phenoxy) is 1. The Morgan fingerprint density at radius 2 is 1.69 bits per heavy atom. The van der Waals surface area contributed by atoms with E-state index < -0.39 is 54.4 Å². The molecule has 0 aliphatic rings. The monoisotopic (exact) mass is 503 g/mol. The summed E-state index contributed by atoms with van der Waals surface area (Å²) in [6.45, 7) is -4.14. The van der Waals surface area contributed by atoms with E-state index in [1.807, 2.05) is 36.4 Å². The van der Waals surface area contributed by atoms with Crippen molar-refractivity contribution in [3.05, 3.63) is 66.9 Å². The zero-order valence-corrected chi connectivity index (χ0v) is 20.5. The van der Waals surface area contributed by atoms with Crippen LogP contribution in [0.15, 0.2) is 66.9 Å². The average Bonchev–Trinajstić information content (AvgIpc) is 2.87. The lowest BCUT2D eigenvalue weighted by Crippen LogP contribution is -2.33. The quantitative estimate of drug-likeness (QED) is 0.400. The van der Waals surface area contributed by atoms with Crippen molar-refractivity contribution in [1.29, 1.82) is 0 Å². The first-order valence-corrected chi connectivity index (χ1v) is 12.6. The molecule has 0 fully saturated rings. The van der Waals surface area contributed by atoms with E-state index in [-0.39, 0.29) is 5.82 Å². The molecule has 0 atom stereocenters. The number of anilines is 1. The van der Waals surface area contributed by atoms with Crippen LogP contribution in [-0.4, -0.2) is 56.2 Å². The van der Waals surface area contributed by atoms with Gasteiger partial charge in [-0.2, -0.15) is 0 Å². The van der Waals surface area contributed by atoms with Crippen molar-refractivity contribution in [2.24, 2.45) is 0 Å². The Hall–Kier alpha value is -3.30. The smallest absolute Gasteiger partial charge is 0.259 e. The number of nitrogens with zero attached hydrogens (tertiary/aromatic N) is 3. The lowest BCUT2D eigenvalue weighted by atomic mass is 10.0. The van der Waals surface area contributed by atoms with E-state index >= 15 is 0 Å². The fourth-order valence-corrected chi connectivity index (χ4v) is 3.41. The van der Waals surface area contributed by atoms with Crippen molar-refractivity contribution in [3.8, 4) is 22.5 Å². The van der Waals surface area contributed by atoms with Gasteiger partial charge in [0.05, 0.1) is 28.0 Å². The summed E-state index contributed by atoms with van der Waals surface area (Å²) in [5, 5.41) is 0. The highest BCUT2D eigenvalue weighted by Crippen LogP contribution is 2.30. The van der Waals surface area contributed by atoms with Gasteiger partial charge >= 0.3 is 0 Å². The molecular weight excluding hydrogens is 464 g/mol. The number of hydrogen-bond donors (Lipinski definition) is 1. The van der Waals surface area contributed by atoms with Gasteiger partial charge in [-0.3, -0.25) is 14.5 Å². The van der Waals surface area contributed by atoms with Crippen LogP contribution in [0.4, 0.5) is 5.82 Å². The van der Waals surface area contributed by atoms with Gasteiger partial charge in [0.1, 0.15) is 12.4 Å². The molecule has 3 rings (SSSR count). The lowest BCUT2D eigenvalue weighted by Gasteiger charge is -2.28. The number of aromatic nitrogens is 2. The zero-order chi connectivity index (χ0) is 31.6. The molecular formula is C26H32N4O4S. The van der Waals surface area contributed by atoms with Crippen molar-refractivity contribution in [3.63, 3.8) is 0 Å². The molecule has 0 saturated carbocycles. The minimum atomic E-state index is -4.08. The van der Waals surface area contributed by atoms with Gasteiger partial charge < -0.3 is 9.64 Å². The van der Waals surface area contributed by atoms with E-state index in [9.17, 15) is 13.2 Å². The van der Waals surface area contributed by atoms with Gasteiger partial charge in [0, 0.05) is 35.7 Å². The van der Waals surface area contributed by atoms with Crippen LogP contribution >= 0.6 is 0 Å². The first kappa shape index (κ1) is 18.0. The fourth-order valence-electron chi connectivity index (χ4n) is 3.03. The van der Waals surface area contributed by atoms with Crippen LogP contribution in [0.25, 0.3) is 22.5 Å². The second-order valence-electron chi connectivity index (χ2n) is 7.63. The number of rotatable bonds is 12. The number of amides is 1. The molecule has 2 aromatic carbocycles. The molecule has 0 unspecified atom stereocenters. The van der Waals surface area contributed by atoms with Crippen LogP contribution in [0.2, 0.25) is 0 Å². The van der Waals surface area contributed by atoms with Crippen LogP contribution in [0.5, 0.6) is 0 Å². The second-order valence-corrected chi connectivity index (χ2v) is 9.38. The summed E-state index contributed by atoms with van der Waals surface area (Å²) in [6.07, 6.45) is -1.63. The first-order valence-electron chi connectivity index (χ1n) is 14.2. The van der Waals surface area contributed by atoms with E-state index in [4.69, 9.17) is 14.3 Å². The van der Waals surface area contributed by atoms with Gasteiger partial charge in [-0.05, 0) is 26.6 Å². The molecule has 35 heavy (non-hydrogen) atoms. The second kappa shape index (κ2) is 12.4. The molecule has 0 radical (unpaired) electrons. The van der Waals surface area contributed by atoms with Gasteiger partial charge in [0.25, 0.3) is 5.91 Å². The van der Waals surface area contributed by atoms with Gasteiger partial charge in [0.2, 0.25) is 10.0 Å². The van der Waals surface area contributed by atoms with Gasteiger partial charge in [-0.15, -0.1) is 0 Å². The standard InChI is InChI=1S/C26H32N4O4S/c1-20(2)30(16-10-11-17-34-19-24(31)29-35(3,32)33)23-18-27-25(21-12-6-4-7-13-21)26(28-23)22-14-8-5-9-15-22/h4-9,12-15,18,20H,10-11,16-17,19H2,1-3H3,(H,29,31)/i10D2,16D2,19D2,20D. The van der Waals surface area contributed by atoms with Crippen LogP contribution in [0.3, 0.4) is 0 Å². The summed E-state index contributed by atoms with van der Waals surface area (Å²) in [5.74, 6) is -1.73. The van der Waals surface area contributed by atoms with Gasteiger partial charge in [0.15, 0.2) is 0 Å². The topological polar surface area (TPSA) is 101 Å². The van der Waals surface area contributed by atoms with Crippen LogP contribution in [-0.2, 0) is 19.6 Å². The molecule has 9 heteroatoms. The van der Waals surface area contributed by atoms with Crippen molar-refractivity contribution in [2.75, 3.05) is 30.8 Å². The van der Waals surface area contributed by atoms with Crippen molar-refractivity contribution in [2.45, 2.75) is 32.7 Å². The molecule has 3 aromatic rings. The van der Waals surface area contributed by atoms with Gasteiger partial charge in [-0.1, -0.05) is 60.7 Å². The number of sulfonamides is 1. The summed E-state index contributed by atoms with van der Waals surface area (Å²) >= 11 is 0. The zero-order valence-electron chi connectivity index (χ0n) is 26.6. The van der Waals surface area contributed by atoms with E-state index in [1.54, 1.807) is 24.3 Å². The summed E-state index contributed by atoms with van der Waals surface area (Å²) in [4.78, 5) is 22.0. The number of carbonyl (C=O) groups is 1. The maximum atomic E-state index is 11.9. The minimum Gasteiger partial charge on any atom is -0.372 e. The maximum Gasteiger partial charge on any atom is 0.259 e. The van der Waals surface area contributed by atoms with Crippen molar-refractivity contribution >= 4 is 21.7 Å². The van der Waals surface area contributed by atoms with E-state index in [0.717, 1.165) is 10.5 Å². The fraction of sp³-hybridized carbons (Fsp3) is 0.346. The Morgan fingerprint density at radius 3 is 2.26 bits per heavy atom. The molecule has 1 heterocycles. The predicted molar refractivity (Wildman–Crippen MR) is 138 cm³/mol. The average molecular weight is 504 g/mol. The molecule has 0 bridgehead atoms. The van der Waals surface area contributed by atoms with Crippen LogP contribution in [0, 0.1) is 0 Å². The molecule has 1 amide bonds. The molecule has 8 nitrogen and oxygen atoms in total. The van der Waals surface area contributed by atoms with Crippen LogP contribution in [0.1, 0.15) is 36.2 Å². The third kappa shape index (κ3) is 8.15. The van der Waals surface area contributed by atoms with Crippen LogP contribution < -0.4 is 9.62 Å². The lowest BCUT2D eigenvalue weighted by molar-refractivity contribution is -0.123. The third-order valence-corrected chi connectivity index (χ3v) is 5.05. The van der Waals surface area contributed by atoms with Gasteiger partial charge in [-0.25, -0.2) is 13.4 Å². The molecule has 1 N–H and O–H groups in total. The Kier molecular flexibility index (Phi) is 6.40. The number of hydrogen-bond acceptors (Lipinski definition) is 7. The Morgan fingerprint density at radius 1 is 1.09 bits per heavy atom. The number of carbonyl (C=O) groups excluding carboxylic acids is 1. The molecule has 0 saturated heterocycles. The number of benzene rings is 2. The SMILES string of the molecule is [2H]C([2H])(OCCC([2H])([2H])C([2H])([2H])N(c1cnc(-c2ccccc2)c(-c2ccccc2)n1)C([2H])(C)C)C(=O)NS(C)(=O)=O. The highest BCUT2D eigenvalue weighted by Gasteiger charge is 2.17. The summed E-state index contributed by atoms with van der Waals surface area (Å²) < 4.78 is 87.7. The largest absolute Gasteiger partial charge is 0.372 e. The van der Waals surface area contributed by atoms with E-state index in [1.165, 1.54) is 24.8 Å². The van der Waals surface area contributed by atoms with E-state index in [2.05, 4.69) is 9.97 Å². The Labute approximate surface area is 217 Å². The maximum absolute atomic E-state index is 11.9. The van der Waals surface area contributed by atoms with E-state index in [0.29, 0.717) is 23.2 Å². The Balaban J connectivity index is 1.99. The first-order chi connectivity index (χ1) is 19.3. The third-order valence-electron chi connectivity index (χ3n) is 4.49. The molecule has 1 aromatic heterocycles. The molecule has 0 spiro atoms. The highest BCUT2D eigenvalue weighted by atomic mass is 32.2. The van der Waals surface area contributed by atoms with Crippen molar-refractivity contribution < 1.29 is 27.5 Å². The minimum absolute atomic E-state index is 0.119. The summed E-state index contributed by atoms with van der Waals surface area (Å²) in [6, 6.07) is 16.5. The molecule has 186 valence electrons. The van der Waals surface area contributed by atoms with Crippen molar-refractivity contribution in [1.82, 2.24) is 14.7 Å². The summed E-state index contributed by atoms with van der Waals surface area (Å²) in [7, 11) is -4.08. The highest BCUT2D eigenvalue weighted by molar-refractivity contribution is 7.89.